The maximum absolute atomic E-state index is 3.51. The predicted octanol–water partition coefficient (Wildman–Crippen LogP) is 11.9. The van der Waals surface area contributed by atoms with Crippen molar-refractivity contribution in [1.82, 2.24) is 0 Å². The van der Waals surface area contributed by atoms with Crippen LogP contribution in [0.3, 0.4) is 0 Å². The van der Waals surface area contributed by atoms with E-state index in [-0.39, 0.29) is 21.7 Å². The van der Waals surface area contributed by atoms with E-state index in [1.807, 2.05) is 12.1 Å². The fourth-order valence-electron chi connectivity index (χ4n) is 6.84. The van der Waals surface area contributed by atoms with E-state index in [4.69, 9.17) is 0 Å². The summed E-state index contributed by atoms with van der Waals surface area (Å²) in [6.45, 7) is 26.4. The van der Waals surface area contributed by atoms with Crippen LogP contribution in [0, 0.1) is 94.7 Å². The van der Waals surface area contributed by atoms with Crippen LogP contribution in [-0.2, 0) is 21.7 Å². The first-order valence-corrected chi connectivity index (χ1v) is 21.1. The van der Waals surface area contributed by atoms with Gasteiger partial charge in [0.05, 0.1) is 0 Å². The standard InChI is InChI=1S/C62H50/c1-59(2,3)55-33-29-43-21-25-51-37-53(27-23-44-30-34-56(60(4,5)6)40-48(44)18-14-13-17-47(43)39-55)54-28-24-46-32-36-58(62(10,11)12)42-50(46)20-16-15-19-49-41-57(61(7,8)9)35-31-45(49)22-26-52(51)38-54/h29-42H,1-12H3. The van der Waals surface area contributed by atoms with Gasteiger partial charge in [-0.15, -0.1) is 0 Å². The first kappa shape index (κ1) is 42.7. The molecule has 4 bridgehead atoms. The summed E-state index contributed by atoms with van der Waals surface area (Å²) in [5.41, 5.74) is 13.9. The average molecular weight is 795 g/mol. The molecule has 0 N–H and O–H groups in total. The molecule has 0 heteroatoms. The zero-order valence-electron chi connectivity index (χ0n) is 38.1. The van der Waals surface area contributed by atoms with Crippen molar-refractivity contribution in [3.8, 4) is 94.7 Å². The second-order valence-electron chi connectivity index (χ2n) is 20.0. The highest BCUT2D eigenvalue weighted by Crippen LogP contribution is 2.28. The molecule has 0 nitrogen and oxygen atoms in total. The van der Waals surface area contributed by atoms with Gasteiger partial charge >= 0.3 is 0 Å². The molecule has 0 atom stereocenters. The van der Waals surface area contributed by atoms with E-state index < -0.39 is 0 Å². The third-order valence-corrected chi connectivity index (χ3v) is 10.9. The first-order chi connectivity index (χ1) is 29.2. The average Bonchev–Trinajstić information content (AvgIpc) is 3.20. The van der Waals surface area contributed by atoms with E-state index in [0.717, 1.165) is 66.8 Å². The molecule has 0 spiro atoms. The molecular weight excluding hydrogens is 745 g/mol. The Hall–Kier alpha value is -7.42. The third-order valence-electron chi connectivity index (χ3n) is 10.9. The van der Waals surface area contributed by atoms with E-state index in [1.165, 1.54) is 22.3 Å². The van der Waals surface area contributed by atoms with Gasteiger partial charge in [-0.2, -0.15) is 0 Å². The molecule has 62 heavy (non-hydrogen) atoms. The molecule has 0 aliphatic heterocycles. The first-order valence-electron chi connectivity index (χ1n) is 21.1. The minimum absolute atomic E-state index is 0.0731. The smallest absolute Gasteiger partial charge is 0.0419 e. The number of fused-ring (bicyclic) bond motifs is 10. The van der Waals surface area contributed by atoms with Gasteiger partial charge in [-0.05, 0) is 128 Å². The number of hydrogen-bond donors (Lipinski definition) is 0. The third kappa shape index (κ3) is 9.95. The summed E-state index contributed by atoms with van der Waals surface area (Å²) < 4.78 is 0. The summed E-state index contributed by atoms with van der Waals surface area (Å²) in [7, 11) is 0. The van der Waals surface area contributed by atoms with E-state index in [0.29, 0.717) is 0 Å². The van der Waals surface area contributed by atoms with Gasteiger partial charge in [-0.1, -0.05) is 178 Å². The zero-order valence-corrected chi connectivity index (χ0v) is 38.1. The van der Waals surface area contributed by atoms with Gasteiger partial charge in [0.2, 0.25) is 0 Å². The van der Waals surface area contributed by atoms with Crippen LogP contribution >= 0.6 is 0 Å². The highest BCUT2D eigenvalue weighted by atomic mass is 14.2. The summed E-state index contributed by atoms with van der Waals surface area (Å²) >= 11 is 0. The summed E-state index contributed by atoms with van der Waals surface area (Å²) in [6, 6.07) is 29.4. The van der Waals surface area contributed by atoms with Crippen molar-refractivity contribution in [3.63, 3.8) is 0 Å². The molecule has 7 rings (SSSR count). The molecule has 5 aromatic carbocycles. The van der Waals surface area contributed by atoms with Crippen molar-refractivity contribution in [1.29, 1.82) is 0 Å². The SMILES string of the molecule is CC(C)(C)c1ccc2c(c1)C#CC#Cc1cc(C(C)(C)C)ccc1C#Cc1cc(c3cc1C#Cc1ccc(C(C)(C)C)cc1C#CC#Cc1cc(C(C)(C)C)ccc1C#C3)C#C2. The molecule has 0 fully saturated rings. The van der Waals surface area contributed by atoms with Crippen LogP contribution in [0.2, 0.25) is 0 Å². The van der Waals surface area contributed by atoms with Gasteiger partial charge in [-0.25, -0.2) is 0 Å². The maximum Gasteiger partial charge on any atom is 0.0419 e. The quantitative estimate of drug-likeness (QED) is 0.137. The van der Waals surface area contributed by atoms with Crippen molar-refractivity contribution in [3.05, 3.63) is 174 Å². The lowest BCUT2D eigenvalue weighted by Gasteiger charge is -2.19. The molecule has 2 aliphatic rings. The van der Waals surface area contributed by atoms with Crippen LogP contribution in [0.25, 0.3) is 0 Å². The Morgan fingerprint density at radius 3 is 0.581 bits per heavy atom. The Kier molecular flexibility index (Phi) is 11.4. The molecule has 298 valence electrons. The lowest BCUT2D eigenvalue weighted by atomic mass is 9.85. The van der Waals surface area contributed by atoms with E-state index in [1.54, 1.807) is 0 Å². The van der Waals surface area contributed by atoms with Crippen LogP contribution in [0.4, 0.5) is 0 Å². The molecule has 0 aromatic heterocycles. The molecule has 0 amide bonds. The highest BCUT2D eigenvalue weighted by Gasteiger charge is 2.19. The second kappa shape index (κ2) is 16.6. The molecule has 0 radical (unpaired) electrons. The van der Waals surface area contributed by atoms with Crippen molar-refractivity contribution in [2.24, 2.45) is 0 Å². The van der Waals surface area contributed by atoms with Crippen LogP contribution in [0.15, 0.2) is 84.9 Å². The maximum atomic E-state index is 3.51. The lowest BCUT2D eigenvalue weighted by molar-refractivity contribution is 0.590. The van der Waals surface area contributed by atoms with Crippen LogP contribution < -0.4 is 0 Å². The van der Waals surface area contributed by atoms with Crippen molar-refractivity contribution >= 4 is 0 Å². The second-order valence-corrected chi connectivity index (χ2v) is 20.0. The Morgan fingerprint density at radius 1 is 0.210 bits per heavy atom. The van der Waals surface area contributed by atoms with Crippen LogP contribution in [0.1, 0.15) is 172 Å². The number of benzene rings is 5. The Balaban J connectivity index is 1.56. The number of rotatable bonds is 0. The zero-order chi connectivity index (χ0) is 44.5. The van der Waals surface area contributed by atoms with Crippen LogP contribution in [0.5, 0.6) is 0 Å². The van der Waals surface area contributed by atoms with Crippen LogP contribution in [-0.4, -0.2) is 0 Å². The van der Waals surface area contributed by atoms with Gasteiger partial charge in [-0.3, -0.25) is 0 Å². The minimum atomic E-state index is -0.0731. The van der Waals surface area contributed by atoms with E-state index in [2.05, 4.69) is 251 Å². The fraction of sp³-hybridized carbons (Fsp3) is 0.258. The van der Waals surface area contributed by atoms with Crippen molar-refractivity contribution in [2.75, 3.05) is 0 Å². The van der Waals surface area contributed by atoms with Gasteiger partial charge < -0.3 is 0 Å². The molecule has 2 aliphatic carbocycles. The molecular formula is C62H50. The van der Waals surface area contributed by atoms with Gasteiger partial charge in [0, 0.05) is 66.8 Å². The fourth-order valence-corrected chi connectivity index (χ4v) is 6.84. The topological polar surface area (TPSA) is 0 Å². The van der Waals surface area contributed by atoms with Gasteiger partial charge in [0.15, 0.2) is 0 Å². The highest BCUT2D eigenvalue weighted by molar-refractivity contribution is 5.68. The van der Waals surface area contributed by atoms with E-state index >= 15 is 0 Å². The number of hydrogen-bond acceptors (Lipinski definition) is 0. The summed E-state index contributed by atoms with van der Waals surface area (Å²) in [6.07, 6.45) is 0. The van der Waals surface area contributed by atoms with Gasteiger partial charge in [0.25, 0.3) is 0 Å². The summed E-state index contributed by atoms with van der Waals surface area (Å²) in [5, 5.41) is 0. The largest absolute Gasteiger partial charge is 0.0603 e. The molecule has 0 unspecified atom stereocenters. The predicted molar refractivity (Wildman–Crippen MR) is 258 cm³/mol. The minimum Gasteiger partial charge on any atom is -0.0603 e. The summed E-state index contributed by atoms with van der Waals surface area (Å²) in [5.74, 6) is 53.9. The molecule has 0 saturated carbocycles. The lowest BCUT2D eigenvalue weighted by Crippen LogP contribution is -2.11. The Labute approximate surface area is 371 Å². The van der Waals surface area contributed by atoms with Gasteiger partial charge in [0.1, 0.15) is 0 Å². The Morgan fingerprint density at radius 2 is 0.387 bits per heavy atom. The monoisotopic (exact) mass is 794 g/mol. The normalized spacial score (nSPS) is 12.2. The molecule has 0 saturated heterocycles. The Bertz CT molecular complexity index is 2790. The van der Waals surface area contributed by atoms with E-state index in [9.17, 15) is 0 Å². The van der Waals surface area contributed by atoms with Crippen molar-refractivity contribution in [2.45, 2.75) is 105 Å². The summed E-state index contributed by atoms with van der Waals surface area (Å²) in [4.78, 5) is 0. The molecule has 5 aromatic rings. The van der Waals surface area contributed by atoms with Crippen molar-refractivity contribution < 1.29 is 0 Å². The molecule has 0 heterocycles.